The fraction of sp³-hybridized carbons (Fsp3) is 0.316. The maximum atomic E-state index is 13.8. The Morgan fingerprint density at radius 3 is 2.41 bits per heavy atom. The third-order valence-electron chi connectivity index (χ3n) is 3.74. The molecule has 0 aliphatic rings. The molecule has 0 spiro atoms. The number of nitrogens with one attached hydrogen (secondary N) is 1. The van der Waals surface area contributed by atoms with Crippen LogP contribution in [0.15, 0.2) is 54.6 Å². The van der Waals surface area contributed by atoms with Crippen molar-refractivity contribution in [2.75, 3.05) is 19.4 Å². The van der Waals surface area contributed by atoms with Gasteiger partial charge in [0.15, 0.2) is 0 Å². The van der Waals surface area contributed by atoms with Crippen molar-refractivity contribution in [1.82, 2.24) is 9.62 Å². The van der Waals surface area contributed by atoms with Crippen LogP contribution in [-0.2, 0) is 21.4 Å². The van der Waals surface area contributed by atoms with Crippen molar-refractivity contribution < 1.29 is 22.3 Å². The predicted octanol–water partition coefficient (Wildman–Crippen LogP) is 2.17. The minimum atomic E-state index is -3.69. The number of hydrogen-bond acceptors (Lipinski definition) is 4. The van der Waals surface area contributed by atoms with Gasteiger partial charge in [-0.1, -0.05) is 36.4 Å². The first-order chi connectivity index (χ1) is 12.8. The van der Waals surface area contributed by atoms with Crippen molar-refractivity contribution in [3.63, 3.8) is 0 Å². The lowest BCUT2D eigenvalue weighted by atomic mass is 10.2. The number of para-hydroxylation sites is 1. The maximum Gasteiger partial charge on any atom is 0.235 e. The summed E-state index contributed by atoms with van der Waals surface area (Å²) in [4.78, 5) is 12.2. The van der Waals surface area contributed by atoms with Gasteiger partial charge in [0.05, 0.1) is 18.8 Å². The van der Waals surface area contributed by atoms with Gasteiger partial charge in [-0.3, -0.25) is 4.79 Å². The van der Waals surface area contributed by atoms with E-state index in [4.69, 9.17) is 4.74 Å². The average Bonchev–Trinajstić information content (AvgIpc) is 2.61. The van der Waals surface area contributed by atoms with E-state index in [0.29, 0.717) is 5.75 Å². The van der Waals surface area contributed by atoms with Gasteiger partial charge in [0, 0.05) is 12.1 Å². The van der Waals surface area contributed by atoms with Crippen LogP contribution in [0.2, 0.25) is 0 Å². The van der Waals surface area contributed by atoms with Crippen LogP contribution in [0.25, 0.3) is 0 Å². The van der Waals surface area contributed by atoms with Gasteiger partial charge in [-0.15, -0.1) is 0 Å². The number of amides is 1. The molecule has 1 N–H and O–H groups in total. The second-order valence-corrected chi connectivity index (χ2v) is 8.20. The highest BCUT2D eigenvalue weighted by molar-refractivity contribution is 7.88. The molecule has 8 heteroatoms. The van der Waals surface area contributed by atoms with Gasteiger partial charge in [0.25, 0.3) is 0 Å². The Labute approximate surface area is 159 Å². The van der Waals surface area contributed by atoms with Crippen molar-refractivity contribution in [2.24, 2.45) is 0 Å². The maximum absolute atomic E-state index is 13.8. The van der Waals surface area contributed by atoms with Gasteiger partial charge in [0.2, 0.25) is 15.9 Å². The molecule has 0 unspecified atom stereocenters. The van der Waals surface area contributed by atoms with Crippen molar-refractivity contribution in [2.45, 2.75) is 19.5 Å². The molecule has 1 atom stereocenters. The molecule has 2 aromatic carbocycles. The van der Waals surface area contributed by atoms with Crippen molar-refractivity contribution in [3.05, 3.63) is 66.0 Å². The number of benzene rings is 2. The van der Waals surface area contributed by atoms with E-state index in [2.05, 4.69) is 5.32 Å². The summed E-state index contributed by atoms with van der Waals surface area (Å²) in [5.74, 6) is -0.326. The number of carbonyl (C=O) groups is 1. The zero-order chi connectivity index (χ0) is 19.9. The van der Waals surface area contributed by atoms with Crippen LogP contribution in [0, 0.1) is 5.82 Å². The molecule has 0 heterocycles. The van der Waals surface area contributed by atoms with E-state index < -0.39 is 28.3 Å². The van der Waals surface area contributed by atoms with Gasteiger partial charge in [0.1, 0.15) is 18.2 Å². The Hall–Kier alpha value is -2.45. The minimum absolute atomic E-state index is 0.205. The Balaban J connectivity index is 1.92. The van der Waals surface area contributed by atoms with E-state index in [9.17, 15) is 17.6 Å². The zero-order valence-electron chi connectivity index (χ0n) is 15.3. The van der Waals surface area contributed by atoms with Crippen LogP contribution >= 0.6 is 0 Å². The van der Waals surface area contributed by atoms with Gasteiger partial charge < -0.3 is 10.1 Å². The standard InChI is InChI=1S/C19H23FN2O4S/c1-15(14-26-17-9-4-3-5-10-17)21-19(23)13-22(27(2,24)25)12-16-8-6-7-11-18(16)20/h3-11,15H,12-14H2,1-2H3,(H,21,23)/t15-/m1/s1. The number of sulfonamides is 1. The van der Waals surface area contributed by atoms with E-state index in [-0.39, 0.29) is 24.8 Å². The first-order valence-electron chi connectivity index (χ1n) is 8.41. The highest BCUT2D eigenvalue weighted by Gasteiger charge is 2.22. The Morgan fingerprint density at radius 2 is 1.78 bits per heavy atom. The van der Waals surface area contributed by atoms with E-state index in [1.165, 1.54) is 18.2 Å². The fourth-order valence-corrected chi connectivity index (χ4v) is 3.09. The van der Waals surface area contributed by atoms with Crippen molar-refractivity contribution in [1.29, 1.82) is 0 Å². The highest BCUT2D eigenvalue weighted by atomic mass is 32.2. The van der Waals surface area contributed by atoms with E-state index in [1.807, 2.05) is 18.2 Å². The molecule has 0 aliphatic carbocycles. The smallest absolute Gasteiger partial charge is 0.235 e. The molecule has 0 saturated carbocycles. The molecule has 0 fully saturated rings. The molecule has 1 amide bonds. The lowest BCUT2D eigenvalue weighted by Crippen LogP contribution is -2.44. The molecule has 27 heavy (non-hydrogen) atoms. The summed E-state index contributed by atoms with van der Waals surface area (Å²) in [5.41, 5.74) is 0.205. The number of halogens is 1. The Morgan fingerprint density at radius 1 is 1.15 bits per heavy atom. The molecule has 0 bridgehead atoms. The third kappa shape index (κ3) is 6.99. The van der Waals surface area contributed by atoms with Gasteiger partial charge in [-0.05, 0) is 25.1 Å². The minimum Gasteiger partial charge on any atom is -0.491 e. The lowest BCUT2D eigenvalue weighted by Gasteiger charge is -2.21. The van der Waals surface area contributed by atoms with Crippen LogP contribution in [0.5, 0.6) is 5.75 Å². The molecule has 2 aromatic rings. The predicted molar refractivity (Wildman–Crippen MR) is 101 cm³/mol. The Bertz CT molecular complexity index is 859. The Kier molecular flexibility index (Phi) is 7.32. The average molecular weight is 394 g/mol. The SMILES string of the molecule is C[C@H](COc1ccccc1)NC(=O)CN(Cc1ccccc1F)S(C)(=O)=O. The lowest BCUT2D eigenvalue weighted by molar-refractivity contribution is -0.122. The second kappa shape index (κ2) is 9.48. The molecular weight excluding hydrogens is 371 g/mol. The number of carbonyl (C=O) groups excluding carboxylic acids is 1. The quantitative estimate of drug-likeness (QED) is 0.707. The molecule has 0 saturated heterocycles. The van der Waals surface area contributed by atoms with Crippen LogP contribution in [-0.4, -0.2) is 44.1 Å². The fourth-order valence-electron chi connectivity index (χ4n) is 2.37. The van der Waals surface area contributed by atoms with Crippen LogP contribution in [0.3, 0.4) is 0 Å². The molecule has 0 radical (unpaired) electrons. The normalized spacial score (nSPS) is 12.6. The molecule has 0 aromatic heterocycles. The van der Waals surface area contributed by atoms with Crippen molar-refractivity contribution >= 4 is 15.9 Å². The summed E-state index contributed by atoms with van der Waals surface area (Å²) in [6, 6.07) is 14.7. The summed E-state index contributed by atoms with van der Waals surface area (Å²) < 4.78 is 44.3. The molecule has 146 valence electrons. The molecule has 6 nitrogen and oxygen atoms in total. The summed E-state index contributed by atoms with van der Waals surface area (Å²) in [6.45, 7) is 1.38. The molecule has 0 aliphatic heterocycles. The largest absolute Gasteiger partial charge is 0.491 e. The van der Waals surface area contributed by atoms with E-state index in [1.54, 1.807) is 25.1 Å². The second-order valence-electron chi connectivity index (χ2n) is 6.22. The molecular formula is C19H23FN2O4S. The van der Waals surface area contributed by atoms with E-state index >= 15 is 0 Å². The van der Waals surface area contributed by atoms with Crippen LogP contribution in [0.1, 0.15) is 12.5 Å². The summed E-state index contributed by atoms with van der Waals surface area (Å²) in [7, 11) is -3.69. The zero-order valence-corrected chi connectivity index (χ0v) is 16.1. The number of hydrogen-bond donors (Lipinski definition) is 1. The monoisotopic (exact) mass is 394 g/mol. The summed E-state index contributed by atoms with van der Waals surface area (Å²) >= 11 is 0. The topological polar surface area (TPSA) is 75.7 Å². The van der Waals surface area contributed by atoms with Gasteiger partial charge >= 0.3 is 0 Å². The number of rotatable bonds is 9. The van der Waals surface area contributed by atoms with E-state index in [0.717, 1.165) is 10.6 Å². The number of ether oxygens (including phenoxy) is 1. The first kappa shape index (κ1) is 20.9. The van der Waals surface area contributed by atoms with Crippen LogP contribution in [0.4, 0.5) is 4.39 Å². The third-order valence-corrected chi connectivity index (χ3v) is 4.94. The summed E-state index contributed by atoms with van der Waals surface area (Å²) in [6.07, 6.45) is 0.989. The first-order valence-corrected chi connectivity index (χ1v) is 10.3. The summed E-state index contributed by atoms with van der Waals surface area (Å²) in [5, 5.41) is 2.69. The highest BCUT2D eigenvalue weighted by Crippen LogP contribution is 2.12. The van der Waals surface area contributed by atoms with Gasteiger partial charge in [-0.25, -0.2) is 12.8 Å². The van der Waals surface area contributed by atoms with Crippen LogP contribution < -0.4 is 10.1 Å². The van der Waals surface area contributed by atoms with Crippen molar-refractivity contribution in [3.8, 4) is 5.75 Å². The number of nitrogens with zero attached hydrogens (tertiary/aromatic N) is 1. The van der Waals surface area contributed by atoms with Gasteiger partial charge in [-0.2, -0.15) is 4.31 Å². The molecule has 2 rings (SSSR count).